The third-order valence-corrected chi connectivity index (χ3v) is 9.16. The van der Waals surface area contributed by atoms with Crippen LogP contribution in [0.1, 0.15) is 48.5 Å². The van der Waals surface area contributed by atoms with E-state index < -0.39 is 21.9 Å². The van der Waals surface area contributed by atoms with Crippen molar-refractivity contribution in [2.45, 2.75) is 39.5 Å². The lowest BCUT2D eigenvalue weighted by Crippen LogP contribution is -2.38. The Morgan fingerprint density at radius 3 is 1.71 bits per heavy atom. The molecular weight excluding hydrogens is 546 g/mol. The van der Waals surface area contributed by atoms with Gasteiger partial charge in [0, 0.05) is 16.3 Å². The topological polar surface area (TPSA) is 80.8 Å². The van der Waals surface area contributed by atoms with Crippen molar-refractivity contribution in [3.63, 3.8) is 0 Å². The number of sulfonamides is 1. The number of ether oxygens (including phenoxy) is 1. The molecule has 42 heavy (non-hydrogen) atoms. The Morgan fingerprint density at radius 2 is 1.14 bits per heavy atom. The van der Waals surface area contributed by atoms with Gasteiger partial charge in [-0.25, -0.2) is 13.2 Å². The number of nitrogens with zero attached hydrogens (tertiary/aromatic N) is 1. The van der Waals surface area contributed by atoms with Gasteiger partial charge < -0.3 is 4.74 Å². The first kappa shape index (κ1) is 28.8. The molecule has 0 saturated carbocycles. The Hall–Kier alpha value is -4.75. The molecule has 1 amide bonds. The van der Waals surface area contributed by atoms with Gasteiger partial charge in [0.25, 0.3) is 15.9 Å². The van der Waals surface area contributed by atoms with Gasteiger partial charge in [0.15, 0.2) is 0 Å². The summed E-state index contributed by atoms with van der Waals surface area (Å²) in [5.41, 5.74) is 4.74. The first-order valence-electron chi connectivity index (χ1n) is 13.5. The second-order valence-corrected chi connectivity index (χ2v) is 12.3. The maximum absolute atomic E-state index is 14.5. The van der Waals surface area contributed by atoms with Gasteiger partial charge in [0.2, 0.25) is 0 Å². The summed E-state index contributed by atoms with van der Waals surface area (Å²) < 4.78 is 35.7. The third-order valence-electron chi connectivity index (χ3n) is 7.16. The van der Waals surface area contributed by atoms with Crippen molar-refractivity contribution in [2.24, 2.45) is 0 Å². The van der Waals surface area contributed by atoms with Crippen LogP contribution in [0.25, 0.3) is 10.8 Å². The molecule has 0 fully saturated rings. The summed E-state index contributed by atoms with van der Waals surface area (Å²) in [6, 6.07) is 27.4. The van der Waals surface area contributed by atoms with E-state index in [1.165, 1.54) is 12.1 Å². The summed E-state index contributed by atoms with van der Waals surface area (Å²) >= 11 is 0. The maximum Gasteiger partial charge on any atom is 0.343 e. The van der Waals surface area contributed by atoms with E-state index in [9.17, 15) is 18.0 Å². The van der Waals surface area contributed by atoms with Gasteiger partial charge in [-0.1, -0.05) is 77.4 Å². The summed E-state index contributed by atoms with van der Waals surface area (Å²) in [7, 11) is -4.39. The molecule has 0 spiro atoms. The van der Waals surface area contributed by atoms with Crippen molar-refractivity contribution in [3.8, 4) is 5.75 Å². The van der Waals surface area contributed by atoms with Crippen LogP contribution in [-0.2, 0) is 10.0 Å². The van der Waals surface area contributed by atoms with Crippen molar-refractivity contribution >= 4 is 38.4 Å². The number of fused-ring (bicyclic) bond motifs is 1. The lowest BCUT2D eigenvalue weighted by molar-refractivity contribution is 0.0736. The molecule has 0 aliphatic rings. The Kier molecular flexibility index (Phi) is 7.71. The van der Waals surface area contributed by atoms with Crippen LogP contribution in [-0.4, -0.2) is 20.3 Å². The van der Waals surface area contributed by atoms with E-state index in [-0.39, 0.29) is 21.9 Å². The van der Waals surface area contributed by atoms with Crippen LogP contribution >= 0.6 is 0 Å². The van der Waals surface area contributed by atoms with E-state index in [0.717, 1.165) is 21.0 Å². The Balaban J connectivity index is 1.70. The molecule has 6 nitrogen and oxygen atoms in total. The molecule has 0 bridgehead atoms. The van der Waals surface area contributed by atoms with Crippen LogP contribution in [0.2, 0.25) is 0 Å². The zero-order valence-corrected chi connectivity index (χ0v) is 25.0. The van der Waals surface area contributed by atoms with Crippen LogP contribution in [0, 0.1) is 34.6 Å². The fraction of sp³-hybridized carbons (Fsp3) is 0.143. The predicted molar refractivity (Wildman–Crippen MR) is 166 cm³/mol. The highest BCUT2D eigenvalue weighted by Crippen LogP contribution is 2.38. The highest BCUT2D eigenvalue weighted by Gasteiger charge is 2.35. The van der Waals surface area contributed by atoms with Gasteiger partial charge in [-0.05, 0) is 82.1 Å². The van der Waals surface area contributed by atoms with Crippen LogP contribution < -0.4 is 9.04 Å². The molecule has 0 aliphatic heterocycles. The van der Waals surface area contributed by atoms with Gasteiger partial charge in [0.05, 0.1) is 16.1 Å². The molecule has 0 N–H and O–H groups in total. The highest BCUT2D eigenvalue weighted by molar-refractivity contribution is 7.93. The van der Waals surface area contributed by atoms with Crippen molar-refractivity contribution in [1.82, 2.24) is 0 Å². The van der Waals surface area contributed by atoms with Crippen molar-refractivity contribution in [3.05, 3.63) is 136 Å². The van der Waals surface area contributed by atoms with Gasteiger partial charge in [-0.3, -0.25) is 4.79 Å². The minimum absolute atomic E-state index is 0.0764. The smallest absolute Gasteiger partial charge is 0.343 e. The molecule has 0 saturated heterocycles. The number of rotatable bonds is 6. The number of hydrogen-bond donors (Lipinski definition) is 0. The first-order valence-corrected chi connectivity index (χ1v) is 15.0. The number of benzene rings is 5. The van der Waals surface area contributed by atoms with Crippen molar-refractivity contribution in [1.29, 1.82) is 0 Å². The molecule has 0 aromatic heterocycles. The van der Waals surface area contributed by atoms with Crippen molar-refractivity contribution < 1.29 is 22.7 Å². The largest absolute Gasteiger partial charge is 0.422 e. The summed E-state index contributed by atoms with van der Waals surface area (Å²) in [6.07, 6.45) is 0. The number of anilines is 1. The standard InChI is InChI=1S/C35H31NO5S/c1-22-10-14-27(15-11-22)34(37)36(42(39,40)33-25(4)20-24(3)21-26(33)5)31-18-19-32(30-9-7-6-8-29(30)31)41-35(38)28-16-12-23(2)13-17-28/h6-21H,1-5H3. The lowest BCUT2D eigenvalue weighted by Gasteiger charge is -2.26. The fourth-order valence-corrected chi connectivity index (χ4v) is 7.05. The molecular formula is C35H31NO5S. The van der Waals surface area contributed by atoms with Crippen LogP contribution in [0.4, 0.5) is 5.69 Å². The molecule has 5 aromatic rings. The molecule has 212 valence electrons. The van der Waals surface area contributed by atoms with E-state index in [1.807, 2.05) is 32.9 Å². The predicted octanol–water partition coefficient (Wildman–Crippen LogP) is 7.64. The number of amides is 1. The summed E-state index contributed by atoms with van der Waals surface area (Å²) in [6.45, 7) is 9.18. The van der Waals surface area contributed by atoms with E-state index in [1.54, 1.807) is 86.6 Å². The van der Waals surface area contributed by atoms with Crippen LogP contribution in [0.5, 0.6) is 5.75 Å². The quantitative estimate of drug-likeness (QED) is 0.153. The van der Waals surface area contributed by atoms with Gasteiger partial charge >= 0.3 is 5.97 Å². The number of esters is 1. The minimum atomic E-state index is -4.39. The fourth-order valence-electron chi connectivity index (χ4n) is 5.20. The minimum Gasteiger partial charge on any atom is -0.422 e. The number of hydrogen-bond acceptors (Lipinski definition) is 5. The first-order chi connectivity index (χ1) is 20.0. The monoisotopic (exact) mass is 577 g/mol. The molecule has 7 heteroatoms. The van der Waals surface area contributed by atoms with Gasteiger partial charge in [0.1, 0.15) is 5.75 Å². The molecule has 0 atom stereocenters. The number of aryl methyl sites for hydroxylation is 5. The zero-order chi connectivity index (χ0) is 30.2. The average Bonchev–Trinajstić information content (AvgIpc) is 2.94. The van der Waals surface area contributed by atoms with Gasteiger partial charge in [-0.15, -0.1) is 0 Å². The van der Waals surface area contributed by atoms with E-state index >= 15 is 0 Å². The van der Waals surface area contributed by atoms with Crippen LogP contribution in [0.3, 0.4) is 0 Å². The van der Waals surface area contributed by atoms with Gasteiger partial charge in [-0.2, -0.15) is 4.31 Å². The zero-order valence-electron chi connectivity index (χ0n) is 24.1. The maximum atomic E-state index is 14.5. The summed E-state index contributed by atoms with van der Waals surface area (Å²) in [5, 5.41) is 0.933. The summed E-state index contributed by atoms with van der Waals surface area (Å²) in [5.74, 6) is -0.981. The molecule has 0 unspecified atom stereocenters. The van der Waals surface area contributed by atoms with E-state index in [2.05, 4.69) is 0 Å². The molecule has 0 aliphatic carbocycles. The molecule has 0 heterocycles. The Labute approximate surface area is 246 Å². The van der Waals surface area contributed by atoms with Crippen LogP contribution in [0.15, 0.2) is 102 Å². The van der Waals surface area contributed by atoms with E-state index in [0.29, 0.717) is 27.5 Å². The second kappa shape index (κ2) is 11.3. The molecule has 0 radical (unpaired) electrons. The summed E-state index contributed by atoms with van der Waals surface area (Å²) in [4.78, 5) is 27.2. The highest BCUT2D eigenvalue weighted by atomic mass is 32.2. The molecule has 5 rings (SSSR count). The SMILES string of the molecule is Cc1ccc(C(=O)Oc2ccc(N(C(=O)c3ccc(C)cc3)S(=O)(=O)c3c(C)cc(C)cc3C)c3ccccc23)cc1. The van der Waals surface area contributed by atoms with Crippen molar-refractivity contribution in [2.75, 3.05) is 4.31 Å². The Morgan fingerprint density at radius 1 is 0.619 bits per heavy atom. The lowest BCUT2D eigenvalue weighted by atomic mass is 10.1. The number of carbonyl (C=O) groups is 2. The average molecular weight is 578 g/mol. The Bertz CT molecular complexity index is 1920. The number of carbonyl (C=O) groups excluding carboxylic acids is 2. The third kappa shape index (κ3) is 5.43. The second-order valence-electron chi connectivity index (χ2n) is 10.6. The molecule has 5 aromatic carbocycles. The van der Waals surface area contributed by atoms with E-state index in [4.69, 9.17) is 4.74 Å². The normalized spacial score (nSPS) is 11.4.